The molecular weight excluding hydrogens is 306 g/mol. The fourth-order valence-electron chi connectivity index (χ4n) is 2.88. The Labute approximate surface area is 149 Å². The predicted octanol–water partition coefficient (Wildman–Crippen LogP) is 7.25. The first-order chi connectivity index (χ1) is 12.4. The number of hydrogen-bond acceptors (Lipinski definition) is 3. The van der Waals surface area contributed by atoms with E-state index < -0.39 is 0 Å². The normalized spacial score (nSPS) is 11.2. The second-order valence-corrected chi connectivity index (χ2v) is 6.21. The standard InChI is InChI=1S/C22H25N3/c1-2-3-4-10-17-23-21-16-15-18-11-8-9-14-20(18)22(21)25-24-19-12-6-5-7-13-19/h5-9,11-16,23H,2-4,10,17H2,1H3/b25-24+. The zero-order chi connectivity index (χ0) is 17.3. The quantitative estimate of drug-likeness (QED) is 0.342. The van der Waals surface area contributed by atoms with Gasteiger partial charge in [0.05, 0.1) is 11.4 Å². The first-order valence-corrected chi connectivity index (χ1v) is 9.11. The van der Waals surface area contributed by atoms with Gasteiger partial charge in [-0.05, 0) is 30.0 Å². The lowest BCUT2D eigenvalue weighted by atomic mass is 10.1. The minimum atomic E-state index is 0.865. The van der Waals surface area contributed by atoms with Crippen molar-refractivity contribution in [2.24, 2.45) is 10.2 Å². The Balaban J connectivity index is 1.86. The van der Waals surface area contributed by atoms with Crippen LogP contribution < -0.4 is 5.32 Å². The minimum Gasteiger partial charge on any atom is -0.383 e. The number of nitrogens with one attached hydrogen (secondary N) is 1. The number of anilines is 1. The molecule has 1 N–H and O–H groups in total. The Morgan fingerprint density at radius 1 is 0.760 bits per heavy atom. The third-order valence-corrected chi connectivity index (χ3v) is 4.27. The molecule has 0 unspecified atom stereocenters. The number of nitrogens with zero attached hydrogens (tertiary/aromatic N) is 2. The molecule has 0 aromatic heterocycles. The molecule has 0 aliphatic heterocycles. The van der Waals surface area contributed by atoms with Gasteiger partial charge < -0.3 is 5.32 Å². The first kappa shape index (κ1) is 17.2. The summed E-state index contributed by atoms with van der Waals surface area (Å²) in [4.78, 5) is 0. The van der Waals surface area contributed by atoms with E-state index in [9.17, 15) is 0 Å². The lowest BCUT2D eigenvalue weighted by molar-refractivity contribution is 0.685. The van der Waals surface area contributed by atoms with Crippen LogP contribution >= 0.6 is 0 Å². The summed E-state index contributed by atoms with van der Waals surface area (Å²) in [7, 11) is 0. The fourth-order valence-corrected chi connectivity index (χ4v) is 2.88. The van der Waals surface area contributed by atoms with Gasteiger partial charge >= 0.3 is 0 Å². The zero-order valence-electron chi connectivity index (χ0n) is 14.8. The number of hydrogen-bond donors (Lipinski definition) is 1. The van der Waals surface area contributed by atoms with Gasteiger partial charge in [0.2, 0.25) is 0 Å². The summed E-state index contributed by atoms with van der Waals surface area (Å²) < 4.78 is 0. The van der Waals surface area contributed by atoms with Gasteiger partial charge in [0.25, 0.3) is 0 Å². The molecule has 3 rings (SSSR count). The molecule has 25 heavy (non-hydrogen) atoms. The highest BCUT2D eigenvalue weighted by molar-refractivity contribution is 5.98. The number of unbranched alkanes of at least 4 members (excludes halogenated alkanes) is 3. The first-order valence-electron chi connectivity index (χ1n) is 9.11. The van der Waals surface area contributed by atoms with Crippen molar-refractivity contribution in [2.45, 2.75) is 32.6 Å². The maximum Gasteiger partial charge on any atom is 0.117 e. The molecule has 0 radical (unpaired) electrons. The van der Waals surface area contributed by atoms with E-state index in [1.807, 2.05) is 30.3 Å². The lowest BCUT2D eigenvalue weighted by Gasteiger charge is -2.11. The summed E-state index contributed by atoms with van der Waals surface area (Å²) >= 11 is 0. The predicted molar refractivity (Wildman–Crippen MR) is 107 cm³/mol. The molecular formula is C22H25N3. The Kier molecular flexibility index (Phi) is 6.16. The molecule has 0 fully saturated rings. The molecule has 0 atom stereocenters. The molecule has 0 aliphatic rings. The van der Waals surface area contributed by atoms with Crippen molar-refractivity contribution >= 4 is 27.8 Å². The summed E-state index contributed by atoms with van der Waals surface area (Å²) in [5, 5.41) is 14.9. The van der Waals surface area contributed by atoms with Crippen molar-refractivity contribution in [1.29, 1.82) is 0 Å². The second kappa shape index (κ2) is 8.97. The molecule has 3 aromatic rings. The molecule has 0 aliphatic carbocycles. The van der Waals surface area contributed by atoms with E-state index in [0.29, 0.717) is 0 Å². The van der Waals surface area contributed by atoms with Gasteiger partial charge in [0, 0.05) is 11.9 Å². The lowest BCUT2D eigenvalue weighted by Crippen LogP contribution is -2.01. The van der Waals surface area contributed by atoms with E-state index >= 15 is 0 Å². The molecule has 0 bridgehead atoms. The van der Waals surface area contributed by atoms with E-state index in [1.165, 1.54) is 31.1 Å². The molecule has 128 valence electrons. The van der Waals surface area contributed by atoms with E-state index in [1.54, 1.807) is 0 Å². The van der Waals surface area contributed by atoms with Crippen molar-refractivity contribution < 1.29 is 0 Å². The van der Waals surface area contributed by atoms with Crippen LogP contribution in [0.25, 0.3) is 10.8 Å². The molecule has 0 spiro atoms. The number of azo groups is 1. The molecule has 0 heterocycles. The molecule has 3 aromatic carbocycles. The average Bonchev–Trinajstić information content (AvgIpc) is 2.67. The number of rotatable bonds is 8. The van der Waals surface area contributed by atoms with Crippen molar-refractivity contribution in [3.63, 3.8) is 0 Å². The Bertz CT molecular complexity index is 825. The maximum absolute atomic E-state index is 4.58. The van der Waals surface area contributed by atoms with Gasteiger partial charge in [-0.1, -0.05) is 74.7 Å². The number of benzene rings is 3. The summed E-state index contributed by atoms with van der Waals surface area (Å²) in [6.07, 6.45) is 4.99. The monoisotopic (exact) mass is 331 g/mol. The van der Waals surface area contributed by atoms with Crippen molar-refractivity contribution in [3.8, 4) is 0 Å². The highest BCUT2D eigenvalue weighted by Crippen LogP contribution is 2.35. The highest BCUT2D eigenvalue weighted by atomic mass is 15.1. The molecule has 0 saturated heterocycles. The second-order valence-electron chi connectivity index (χ2n) is 6.21. The largest absolute Gasteiger partial charge is 0.383 e. The SMILES string of the molecule is CCCCCCNc1ccc2ccccc2c1/N=N/c1ccccc1. The third-order valence-electron chi connectivity index (χ3n) is 4.27. The Morgan fingerprint density at radius 2 is 1.56 bits per heavy atom. The van der Waals surface area contributed by atoms with Crippen LogP contribution in [0.15, 0.2) is 77.0 Å². The van der Waals surface area contributed by atoms with Gasteiger partial charge in [0.15, 0.2) is 0 Å². The maximum atomic E-state index is 4.58. The summed E-state index contributed by atoms with van der Waals surface area (Å²) in [5.74, 6) is 0. The highest BCUT2D eigenvalue weighted by Gasteiger charge is 2.07. The van der Waals surface area contributed by atoms with Gasteiger partial charge in [-0.2, -0.15) is 5.11 Å². The molecule has 3 nitrogen and oxygen atoms in total. The third kappa shape index (κ3) is 4.66. The smallest absolute Gasteiger partial charge is 0.117 e. The molecule has 0 amide bonds. The molecule has 3 heteroatoms. The van der Waals surface area contributed by atoms with E-state index in [4.69, 9.17) is 0 Å². The van der Waals surface area contributed by atoms with Gasteiger partial charge in [-0.15, -0.1) is 5.11 Å². The van der Waals surface area contributed by atoms with E-state index in [0.717, 1.165) is 29.0 Å². The van der Waals surface area contributed by atoms with Crippen LogP contribution in [-0.2, 0) is 0 Å². The van der Waals surface area contributed by atoms with Crippen molar-refractivity contribution in [2.75, 3.05) is 11.9 Å². The van der Waals surface area contributed by atoms with Crippen molar-refractivity contribution in [1.82, 2.24) is 0 Å². The van der Waals surface area contributed by atoms with Crippen LogP contribution in [-0.4, -0.2) is 6.54 Å². The van der Waals surface area contributed by atoms with Crippen LogP contribution in [0.3, 0.4) is 0 Å². The van der Waals surface area contributed by atoms with Crippen LogP contribution in [0, 0.1) is 0 Å². The van der Waals surface area contributed by atoms with Crippen LogP contribution in [0.5, 0.6) is 0 Å². The van der Waals surface area contributed by atoms with E-state index in [-0.39, 0.29) is 0 Å². The van der Waals surface area contributed by atoms with Gasteiger partial charge in [0.1, 0.15) is 5.69 Å². The minimum absolute atomic E-state index is 0.865. The summed E-state index contributed by atoms with van der Waals surface area (Å²) in [6, 6.07) is 22.5. The summed E-state index contributed by atoms with van der Waals surface area (Å²) in [5.41, 5.74) is 2.83. The van der Waals surface area contributed by atoms with Crippen LogP contribution in [0.4, 0.5) is 17.1 Å². The van der Waals surface area contributed by atoms with Gasteiger partial charge in [-0.25, -0.2) is 0 Å². The topological polar surface area (TPSA) is 36.8 Å². The zero-order valence-corrected chi connectivity index (χ0v) is 14.8. The Morgan fingerprint density at radius 3 is 2.40 bits per heavy atom. The number of fused-ring (bicyclic) bond motifs is 1. The fraction of sp³-hybridized carbons (Fsp3) is 0.273. The summed E-state index contributed by atoms with van der Waals surface area (Å²) in [6.45, 7) is 3.20. The molecule has 0 saturated carbocycles. The average molecular weight is 331 g/mol. The van der Waals surface area contributed by atoms with Crippen molar-refractivity contribution in [3.05, 3.63) is 66.7 Å². The van der Waals surface area contributed by atoms with Gasteiger partial charge in [-0.3, -0.25) is 0 Å². The van der Waals surface area contributed by atoms with Crippen LogP contribution in [0.1, 0.15) is 32.6 Å². The van der Waals surface area contributed by atoms with E-state index in [2.05, 4.69) is 58.9 Å². The Hall–Kier alpha value is -2.68. The van der Waals surface area contributed by atoms with Crippen LogP contribution in [0.2, 0.25) is 0 Å².